The zero-order valence-electron chi connectivity index (χ0n) is 21.4. The summed E-state index contributed by atoms with van der Waals surface area (Å²) in [4.78, 5) is 13.0. The first-order chi connectivity index (χ1) is 17.8. The quantitative estimate of drug-likeness (QED) is 0.539. The molecule has 2 aromatic carbocycles. The van der Waals surface area contributed by atoms with Gasteiger partial charge in [-0.2, -0.15) is 0 Å². The molecular weight excluding hydrogens is 488 g/mol. The predicted octanol–water partition coefficient (Wildman–Crippen LogP) is 4.55. The number of methoxy groups -OCH3 is 2. The number of para-hydroxylation sites is 1. The van der Waals surface area contributed by atoms with E-state index in [9.17, 15) is 13.2 Å². The Morgan fingerprint density at radius 3 is 2.35 bits per heavy atom. The van der Waals surface area contributed by atoms with Crippen molar-refractivity contribution in [2.24, 2.45) is 17.8 Å². The van der Waals surface area contributed by atoms with E-state index in [4.69, 9.17) is 9.47 Å². The van der Waals surface area contributed by atoms with Gasteiger partial charge in [0.15, 0.2) is 11.5 Å². The van der Waals surface area contributed by atoms with Crippen LogP contribution in [0.3, 0.4) is 0 Å². The third-order valence-electron chi connectivity index (χ3n) is 8.73. The van der Waals surface area contributed by atoms with Gasteiger partial charge >= 0.3 is 0 Å². The highest BCUT2D eigenvalue weighted by molar-refractivity contribution is 7.93. The zero-order valence-corrected chi connectivity index (χ0v) is 22.2. The lowest BCUT2D eigenvalue weighted by Crippen LogP contribution is -2.59. The molecule has 5 aliphatic rings. The van der Waals surface area contributed by atoms with Crippen molar-refractivity contribution in [1.82, 2.24) is 5.32 Å². The summed E-state index contributed by atoms with van der Waals surface area (Å²) in [6.07, 6.45) is 11.0. The standard InChI is InChI=1S/C29H34N2O5S/c1-35-25-14-19(7-8-27(32)30-29-16-20-11-21(17-29)13-22(12-20)18-29)15-26(28(25)36-2)37(33,34)31-10-9-23-5-3-4-6-24(23)31/h3-8,14-15,20-22H,9-13,16-18H2,1-2H3,(H,30,32)/b8-7+. The van der Waals surface area contributed by atoms with Crippen LogP contribution in [-0.2, 0) is 21.2 Å². The van der Waals surface area contributed by atoms with E-state index in [1.807, 2.05) is 24.3 Å². The van der Waals surface area contributed by atoms with Gasteiger partial charge in [0.05, 0.1) is 19.9 Å². The van der Waals surface area contributed by atoms with Gasteiger partial charge < -0.3 is 14.8 Å². The smallest absolute Gasteiger partial charge is 0.268 e. The van der Waals surface area contributed by atoms with Crippen LogP contribution < -0.4 is 19.1 Å². The maximum absolute atomic E-state index is 13.8. The molecule has 1 heterocycles. The number of sulfonamides is 1. The molecule has 8 heteroatoms. The van der Waals surface area contributed by atoms with Crippen LogP contribution in [0.25, 0.3) is 6.08 Å². The average molecular weight is 523 g/mol. The Kier molecular flexibility index (Phi) is 5.97. The Balaban J connectivity index is 1.28. The van der Waals surface area contributed by atoms with E-state index >= 15 is 0 Å². The number of anilines is 1. The molecule has 1 amide bonds. The number of nitrogens with one attached hydrogen (secondary N) is 1. The van der Waals surface area contributed by atoms with Crippen LogP contribution in [0.4, 0.5) is 5.69 Å². The first-order valence-electron chi connectivity index (χ1n) is 13.2. The molecule has 4 saturated carbocycles. The Hall–Kier alpha value is -3.00. The minimum atomic E-state index is -3.93. The Morgan fingerprint density at radius 1 is 1.03 bits per heavy atom. The van der Waals surface area contributed by atoms with E-state index in [1.165, 1.54) is 43.9 Å². The molecule has 0 spiro atoms. The second-order valence-corrected chi connectivity index (χ2v) is 13.1. The molecule has 0 atom stereocenters. The van der Waals surface area contributed by atoms with Gasteiger partial charge in [-0.05, 0) is 98.1 Å². The molecule has 7 nitrogen and oxygen atoms in total. The van der Waals surface area contributed by atoms with Gasteiger partial charge in [-0.15, -0.1) is 0 Å². The molecular formula is C29H34N2O5S. The molecule has 4 fully saturated rings. The van der Waals surface area contributed by atoms with E-state index in [0.29, 0.717) is 30.0 Å². The molecule has 1 aliphatic heterocycles. The fourth-order valence-electron chi connectivity index (χ4n) is 7.65. The summed E-state index contributed by atoms with van der Waals surface area (Å²) in [6, 6.07) is 10.8. The fraction of sp³-hybridized carbons (Fsp3) is 0.483. The summed E-state index contributed by atoms with van der Waals surface area (Å²) < 4.78 is 40.1. The van der Waals surface area contributed by atoms with Crippen molar-refractivity contribution >= 4 is 27.7 Å². The van der Waals surface area contributed by atoms with E-state index in [0.717, 1.165) is 42.6 Å². The Bertz CT molecular complexity index is 1330. The van der Waals surface area contributed by atoms with Crippen LogP contribution in [0.1, 0.15) is 49.7 Å². The molecule has 1 N–H and O–H groups in total. The maximum Gasteiger partial charge on any atom is 0.268 e. The topological polar surface area (TPSA) is 84.9 Å². The number of carbonyl (C=O) groups is 1. The minimum absolute atomic E-state index is 0.0206. The summed E-state index contributed by atoms with van der Waals surface area (Å²) in [5, 5.41) is 3.34. The Labute approximate surface area is 218 Å². The lowest BCUT2D eigenvalue weighted by atomic mass is 9.53. The van der Waals surface area contributed by atoms with E-state index < -0.39 is 10.0 Å². The van der Waals surface area contributed by atoms with E-state index in [1.54, 1.807) is 18.2 Å². The number of ether oxygens (including phenoxy) is 2. The largest absolute Gasteiger partial charge is 0.493 e. The molecule has 7 rings (SSSR count). The molecule has 0 saturated heterocycles. The minimum Gasteiger partial charge on any atom is -0.493 e. The number of benzene rings is 2. The molecule has 37 heavy (non-hydrogen) atoms. The number of amides is 1. The van der Waals surface area contributed by atoms with E-state index in [-0.39, 0.29) is 22.1 Å². The number of nitrogens with zero attached hydrogens (tertiary/aromatic N) is 1. The molecule has 0 aromatic heterocycles. The second kappa shape index (κ2) is 9.08. The number of hydrogen-bond donors (Lipinski definition) is 1. The van der Waals surface area contributed by atoms with Gasteiger partial charge in [-0.1, -0.05) is 18.2 Å². The van der Waals surface area contributed by atoms with Crippen LogP contribution in [0.5, 0.6) is 11.5 Å². The third-order valence-corrected chi connectivity index (χ3v) is 10.6. The monoisotopic (exact) mass is 522 g/mol. The van der Waals surface area contributed by atoms with Gasteiger partial charge in [-0.3, -0.25) is 9.10 Å². The van der Waals surface area contributed by atoms with Crippen molar-refractivity contribution in [1.29, 1.82) is 0 Å². The molecule has 0 unspecified atom stereocenters. The van der Waals surface area contributed by atoms with Crippen LogP contribution in [-0.4, -0.2) is 40.6 Å². The summed E-state index contributed by atoms with van der Waals surface area (Å²) >= 11 is 0. The van der Waals surface area contributed by atoms with Gasteiger partial charge in [-0.25, -0.2) is 8.42 Å². The van der Waals surface area contributed by atoms with Gasteiger partial charge in [0.2, 0.25) is 5.91 Å². The van der Waals surface area contributed by atoms with Gasteiger partial charge in [0.25, 0.3) is 10.0 Å². The van der Waals surface area contributed by atoms with Crippen molar-refractivity contribution in [2.75, 3.05) is 25.1 Å². The van der Waals surface area contributed by atoms with Gasteiger partial charge in [0, 0.05) is 18.2 Å². The van der Waals surface area contributed by atoms with Crippen LogP contribution >= 0.6 is 0 Å². The first-order valence-corrected chi connectivity index (χ1v) is 14.6. The maximum atomic E-state index is 13.8. The summed E-state index contributed by atoms with van der Waals surface area (Å²) in [5.41, 5.74) is 2.16. The number of hydrogen-bond acceptors (Lipinski definition) is 5. The molecule has 4 aliphatic carbocycles. The van der Waals surface area contributed by atoms with Crippen LogP contribution in [0.15, 0.2) is 47.4 Å². The van der Waals surface area contributed by atoms with Crippen LogP contribution in [0, 0.1) is 17.8 Å². The lowest BCUT2D eigenvalue weighted by Gasteiger charge is -2.56. The summed E-state index contributed by atoms with van der Waals surface area (Å²) in [6.45, 7) is 0.362. The molecule has 2 aromatic rings. The number of rotatable bonds is 7. The molecule has 196 valence electrons. The highest BCUT2D eigenvalue weighted by Gasteiger charge is 2.51. The first kappa shape index (κ1) is 24.3. The summed E-state index contributed by atoms with van der Waals surface area (Å²) in [5.74, 6) is 2.55. The van der Waals surface area contributed by atoms with Crippen molar-refractivity contribution in [3.63, 3.8) is 0 Å². The highest BCUT2D eigenvalue weighted by atomic mass is 32.2. The van der Waals surface area contributed by atoms with E-state index in [2.05, 4.69) is 5.32 Å². The fourth-order valence-corrected chi connectivity index (χ4v) is 9.36. The van der Waals surface area contributed by atoms with Crippen LogP contribution in [0.2, 0.25) is 0 Å². The average Bonchev–Trinajstić information content (AvgIpc) is 3.31. The second-order valence-electron chi connectivity index (χ2n) is 11.2. The Morgan fingerprint density at radius 2 is 1.70 bits per heavy atom. The number of carbonyl (C=O) groups excluding carboxylic acids is 1. The predicted molar refractivity (Wildman–Crippen MR) is 142 cm³/mol. The third kappa shape index (κ3) is 4.29. The normalized spacial score (nSPS) is 27.9. The van der Waals surface area contributed by atoms with Crippen molar-refractivity contribution in [3.8, 4) is 11.5 Å². The molecule has 4 bridgehead atoms. The summed E-state index contributed by atoms with van der Waals surface area (Å²) in [7, 11) is -1.02. The van der Waals surface area contributed by atoms with Crippen molar-refractivity contribution < 1.29 is 22.7 Å². The van der Waals surface area contributed by atoms with Crippen molar-refractivity contribution in [3.05, 3.63) is 53.6 Å². The van der Waals surface area contributed by atoms with Crippen molar-refractivity contribution in [2.45, 2.75) is 55.4 Å². The molecule has 0 radical (unpaired) electrons. The lowest BCUT2D eigenvalue weighted by molar-refractivity contribution is -0.122. The zero-order chi connectivity index (χ0) is 25.8. The van der Waals surface area contributed by atoms with Gasteiger partial charge in [0.1, 0.15) is 4.90 Å². The highest BCUT2D eigenvalue weighted by Crippen LogP contribution is 2.55. The SMILES string of the molecule is COc1cc(/C=C/C(=O)NC23CC4CC(CC(C4)C2)C3)cc(S(=O)(=O)N2CCc3ccccc32)c1OC. The number of fused-ring (bicyclic) bond motifs is 1.